The number of nitrogens with one attached hydrogen (secondary N) is 1. The summed E-state index contributed by atoms with van der Waals surface area (Å²) >= 11 is 0. The van der Waals surface area contributed by atoms with Crippen molar-refractivity contribution in [3.8, 4) is 5.75 Å². The number of hydrogen-bond acceptors (Lipinski definition) is 3. The molecule has 0 aromatic heterocycles. The lowest BCUT2D eigenvalue weighted by molar-refractivity contribution is 0.00587. The van der Waals surface area contributed by atoms with Crippen molar-refractivity contribution in [1.29, 1.82) is 0 Å². The highest BCUT2D eigenvalue weighted by atomic mass is 19.1. The molecule has 0 amide bonds. The Morgan fingerprint density at radius 1 is 1.47 bits per heavy atom. The van der Waals surface area contributed by atoms with E-state index in [0.29, 0.717) is 24.9 Å². The van der Waals surface area contributed by atoms with Crippen LogP contribution in [-0.2, 0) is 11.3 Å². The van der Waals surface area contributed by atoms with Crippen molar-refractivity contribution < 1.29 is 13.9 Å². The minimum absolute atomic E-state index is 0.0251. The Morgan fingerprint density at radius 3 is 2.95 bits per heavy atom. The average molecular weight is 267 g/mol. The monoisotopic (exact) mass is 267 g/mol. The highest BCUT2D eigenvalue weighted by Gasteiger charge is 2.17. The van der Waals surface area contributed by atoms with Crippen molar-refractivity contribution in [2.75, 3.05) is 13.2 Å². The van der Waals surface area contributed by atoms with Crippen molar-refractivity contribution in [1.82, 2.24) is 5.32 Å². The predicted molar refractivity (Wildman–Crippen MR) is 72.8 cm³/mol. The minimum Gasteiger partial charge on any atom is -0.485 e. The van der Waals surface area contributed by atoms with Crippen molar-refractivity contribution in [3.05, 3.63) is 29.6 Å². The van der Waals surface area contributed by atoms with Gasteiger partial charge in [0.15, 0.2) is 11.6 Å². The van der Waals surface area contributed by atoms with Crippen molar-refractivity contribution in [2.45, 2.75) is 45.4 Å². The topological polar surface area (TPSA) is 30.5 Å². The third kappa shape index (κ3) is 4.48. The van der Waals surface area contributed by atoms with Gasteiger partial charge in [0.1, 0.15) is 6.10 Å². The molecule has 1 atom stereocenters. The lowest BCUT2D eigenvalue weighted by Gasteiger charge is -2.23. The summed E-state index contributed by atoms with van der Waals surface area (Å²) in [7, 11) is 0. The molecule has 1 N–H and O–H groups in total. The largest absolute Gasteiger partial charge is 0.485 e. The van der Waals surface area contributed by atoms with E-state index >= 15 is 0 Å². The summed E-state index contributed by atoms with van der Waals surface area (Å²) in [5, 5.41) is 3.26. The van der Waals surface area contributed by atoms with Gasteiger partial charge in [0.25, 0.3) is 0 Å². The summed E-state index contributed by atoms with van der Waals surface area (Å²) in [5.41, 5.74) is 0.929. The Morgan fingerprint density at radius 2 is 2.32 bits per heavy atom. The summed E-state index contributed by atoms with van der Waals surface area (Å²) < 4.78 is 24.9. The average Bonchev–Trinajstić information content (AvgIpc) is 2.40. The number of hydrogen-bond donors (Lipinski definition) is 1. The van der Waals surface area contributed by atoms with Crippen LogP contribution in [0.15, 0.2) is 18.2 Å². The number of benzene rings is 1. The molecule has 1 aliphatic rings. The van der Waals surface area contributed by atoms with E-state index < -0.39 is 0 Å². The van der Waals surface area contributed by atoms with E-state index in [2.05, 4.69) is 19.2 Å². The van der Waals surface area contributed by atoms with E-state index in [0.717, 1.165) is 25.0 Å². The Labute approximate surface area is 114 Å². The zero-order valence-electron chi connectivity index (χ0n) is 11.6. The Bertz CT molecular complexity index is 403. The molecule has 1 aliphatic heterocycles. The quantitative estimate of drug-likeness (QED) is 0.890. The second-order valence-corrected chi connectivity index (χ2v) is 5.26. The molecule has 0 bridgehead atoms. The van der Waals surface area contributed by atoms with Gasteiger partial charge in [-0.25, -0.2) is 4.39 Å². The molecule has 0 spiro atoms. The summed E-state index contributed by atoms with van der Waals surface area (Å²) in [6.07, 6.45) is 1.88. The van der Waals surface area contributed by atoms with Crippen LogP contribution in [0.4, 0.5) is 4.39 Å². The fourth-order valence-corrected chi connectivity index (χ4v) is 2.06. The second-order valence-electron chi connectivity index (χ2n) is 5.26. The molecule has 1 heterocycles. The lowest BCUT2D eigenvalue weighted by atomic mass is 10.1. The van der Waals surface area contributed by atoms with Gasteiger partial charge in [-0.05, 0) is 30.5 Å². The van der Waals surface area contributed by atoms with Crippen LogP contribution in [0.25, 0.3) is 0 Å². The van der Waals surface area contributed by atoms with E-state index in [1.54, 1.807) is 6.07 Å². The Hall–Kier alpha value is -1.13. The maximum Gasteiger partial charge on any atom is 0.165 e. The summed E-state index contributed by atoms with van der Waals surface area (Å²) in [4.78, 5) is 0. The number of halogens is 1. The van der Waals surface area contributed by atoms with Crippen molar-refractivity contribution in [3.63, 3.8) is 0 Å². The number of rotatable bonds is 5. The maximum atomic E-state index is 13.9. The van der Waals surface area contributed by atoms with Crippen LogP contribution in [0.1, 0.15) is 32.3 Å². The van der Waals surface area contributed by atoms with Gasteiger partial charge in [0, 0.05) is 19.2 Å². The summed E-state index contributed by atoms with van der Waals surface area (Å²) in [6, 6.07) is 5.53. The van der Waals surface area contributed by atoms with E-state index in [1.165, 1.54) is 6.07 Å². The first kappa shape index (κ1) is 14.3. The first-order valence-corrected chi connectivity index (χ1v) is 6.91. The highest BCUT2D eigenvalue weighted by molar-refractivity contribution is 5.29. The molecule has 19 heavy (non-hydrogen) atoms. The van der Waals surface area contributed by atoms with Gasteiger partial charge in [-0.15, -0.1) is 0 Å². The van der Waals surface area contributed by atoms with Gasteiger partial charge in [-0.3, -0.25) is 0 Å². The molecular weight excluding hydrogens is 245 g/mol. The van der Waals surface area contributed by atoms with E-state index in [1.807, 2.05) is 6.07 Å². The Kier molecular flexibility index (Phi) is 5.16. The van der Waals surface area contributed by atoms with Crippen molar-refractivity contribution in [2.24, 2.45) is 0 Å². The molecule has 106 valence electrons. The molecule has 1 unspecified atom stereocenters. The van der Waals surface area contributed by atoms with Gasteiger partial charge >= 0.3 is 0 Å². The maximum absolute atomic E-state index is 13.9. The summed E-state index contributed by atoms with van der Waals surface area (Å²) in [5.74, 6) is 0.0254. The van der Waals surface area contributed by atoms with Crippen LogP contribution < -0.4 is 10.1 Å². The van der Waals surface area contributed by atoms with E-state index in [4.69, 9.17) is 9.47 Å². The van der Waals surface area contributed by atoms with E-state index in [-0.39, 0.29) is 11.9 Å². The highest BCUT2D eigenvalue weighted by Crippen LogP contribution is 2.22. The molecule has 1 aromatic carbocycles. The molecule has 0 saturated carbocycles. The zero-order valence-corrected chi connectivity index (χ0v) is 11.6. The molecule has 1 saturated heterocycles. The Balaban J connectivity index is 1.94. The fraction of sp³-hybridized carbons (Fsp3) is 0.600. The van der Waals surface area contributed by atoms with Gasteiger partial charge in [-0.2, -0.15) is 0 Å². The van der Waals surface area contributed by atoms with Gasteiger partial charge in [0.2, 0.25) is 0 Å². The van der Waals surface area contributed by atoms with Crippen molar-refractivity contribution >= 4 is 0 Å². The van der Waals surface area contributed by atoms with Crippen LogP contribution in [-0.4, -0.2) is 25.4 Å². The third-order valence-corrected chi connectivity index (χ3v) is 3.12. The first-order valence-electron chi connectivity index (χ1n) is 6.91. The molecule has 4 heteroatoms. The third-order valence-electron chi connectivity index (χ3n) is 3.12. The molecule has 3 nitrogen and oxygen atoms in total. The fourth-order valence-electron chi connectivity index (χ4n) is 2.06. The SMILES string of the molecule is CC(C)NCc1ccc(OC2CCCOC2)c(F)c1. The van der Waals surface area contributed by atoms with Gasteiger partial charge < -0.3 is 14.8 Å². The lowest BCUT2D eigenvalue weighted by Crippen LogP contribution is -2.28. The van der Waals surface area contributed by atoms with Crippen LogP contribution in [0.2, 0.25) is 0 Å². The molecule has 1 fully saturated rings. The summed E-state index contributed by atoms with van der Waals surface area (Å²) in [6.45, 7) is 6.13. The predicted octanol–water partition coefficient (Wildman–Crippen LogP) is 2.88. The molecule has 0 radical (unpaired) electrons. The minimum atomic E-state index is -0.298. The van der Waals surface area contributed by atoms with Crippen LogP contribution in [0.5, 0.6) is 5.75 Å². The van der Waals surface area contributed by atoms with Crippen LogP contribution in [0.3, 0.4) is 0 Å². The van der Waals surface area contributed by atoms with E-state index in [9.17, 15) is 4.39 Å². The first-order chi connectivity index (χ1) is 9.15. The van der Waals surface area contributed by atoms with Crippen LogP contribution >= 0.6 is 0 Å². The molecule has 2 rings (SSSR count). The van der Waals surface area contributed by atoms with Gasteiger partial charge in [-0.1, -0.05) is 19.9 Å². The smallest absolute Gasteiger partial charge is 0.165 e. The molecule has 1 aromatic rings. The van der Waals surface area contributed by atoms with Gasteiger partial charge in [0.05, 0.1) is 6.61 Å². The second kappa shape index (κ2) is 6.87. The number of ether oxygens (including phenoxy) is 2. The zero-order chi connectivity index (χ0) is 13.7. The van der Waals surface area contributed by atoms with Crippen LogP contribution in [0, 0.1) is 5.82 Å². The standard InChI is InChI=1S/C15H22FNO2/c1-11(2)17-9-12-5-6-15(14(16)8-12)19-13-4-3-7-18-10-13/h5-6,8,11,13,17H,3-4,7,9-10H2,1-2H3. The molecular formula is C15H22FNO2. The normalized spacial score (nSPS) is 19.7. The molecule has 0 aliphatic carbocycles.